The number of nitrogens with one attached hydrogen (secondary N) is 3. The van der Waals surface area contributed by atoms with Gasteiger partial charge in [0.05, 0.1) is 11.4 Å². The number of carbonyl (C=O) groups is 3. The van der Waals surface area contributed by atoms with Gasteiger partial charge in [-0.15, -0.1) is 0 Å². The van der Waals surface area contributed by atoms with Gasteiger partial charge in [-0.3, -0.25) is 15.0 Å². The third-order valence-corrected chi connectivity index (χ3v) is 7.59. The Balaban J connectivity index is 1.62. The first-order valence-electron chi connectivity index (χ1n) is 10.5. The molecule has 1 aromatic carbocycles. The van der Waals surface area contributed by atoms with Crippen molar-refractivity contribution in [3.63, 3.8) is 0 Å². The Bertz CT molecular complexity index is 958. The van der Waals surface area contributed by atoms with Crippen molar-refractivity contribution < 1.29 is 22.8 Å². The molecule has 2 saturated heterocycles. The molecule has 1 unspecified atom stereocenters. The Labute approximate surface area is 182 Å². The van der Waals surface area contributed by atoms with E-state index < -0.39 is 33.4 Å². The number of imide groups is 1. The smallest absolute Gasteiger partial charge is 0.344 e. The Hall–Kier alpha value is -2.66. The molecule has 0 spiro atoms. The summed E-state index contributed by atoms with van der Waals surface area (Å²) in [5, 5.41) is 6.07. The first kappa shape index (κ1) is 23.0. The summed E-state index contributed by atoms with van der Waals surface area (Å²) in [5.74, 6) is -1.14. The van der Waals surface area contributed by atoms with Crippen molar-refractivity contribution in [3.8, 4) is 0 Å². The fraction of sp³-hybridized carbons (Fsp3) is 0.550. The number of nitrogens with zero attached hydrogens (tertiary/aromatic N) is 2. The van der Waals surface area contributed by atoms with Gasteiger partial charge in [0.1, 0.15) is 5.54 Å². The number of sulfonamides is 1. The van der Waals surface area contributed by atoms with Crippen LogP contribution in [-0.2, 0) is 19.6 Å². The minimum atomic E-state index is -3.61. The molecule has 2 heterocycles. The summed E-state index contributed by atoms with van der Waals surface area (Å²) >= 11 is 0. The van der Waals surface area contributed by atoms with Gasteiger partial charge in [-0.2, -0.15) is 9.31 Å². The molecule has 0 bridgehead atoms. The minimum absolute atomic E-state index is 0.160. The Kier molecular flexibility index (Phi) is 6.85. The van der Waals surface area contributed by atoms with Crippen LogP contribution in [0.1, 0.15) is 46.0 Å². The predicted molar refractivity (Wildman–Crippen MR) is 114 cm³/mol. The van der Waals surface area contributed by atoms with Crippen LogP contribution in [0.15, 0.2) is 29.2 Å². The Morgan fingerprint density at radius 2 is 1.84 bits per heavy atom. The van der Waals surface area contributed by atoms with Crippen molar-refractivity contribution in [3.05, 3.63) is 24.3 Å². The summed E-state index contributed by atoms with van der Waals surface area (Å²) in [5.41, 5.74) is 1.68. The molecule has 0 radical (unpaired) electrons. The molecule has 0 saturated carbocycles. The van der Waals surface area contributed by atoms with Crippen molar-refractivity contribution >= 4 is 33.6 Å². The van der Waals surface area contributed by atoms with Gasteiger partial charge in [0.15, 0.2) is 0 Å². The molecule has 2 fully saturated rings. The van der Waals surface area contributed by atoms with Crippen molar-refractivity contribution in [1.29, 1.82) is 0 Å². The molecule has 2 aliphatic rings. The molecule has 11 heteroatoms. The summed E-state index contributed by atoms with van der Waals surface area (Å²) in [7, 11) is -3.61. The quantitative estimate of drug-likeness (QED) is 0.538. The van der Waals surface area contributed by atoms with Crippen molar-refractivity contribution in [2.75, 3.05) is 25.0 Å². The molecular formula is C20H29N5O5S. The van der Waals surface area contributed by atoms with Crippen LogP contribution in [0.3, 0.4) is 0 Å². The van der Waals surface area contributed by atoms with Gasteiger partial charge >= 0.3 is 6.03 Å². The van der Waals surface area contributed by atoms with Gasteiger partial charge in [-0.25, -0.2) is 13.2 Å². The monoisotopic (exact) mass is 451 g/mol. The molecule has 10 nitrogen and oxygen atoms in total. The summed E-state index contributed by atoms with van der Waals surface area (Å²) in [6.07, 6.45) is 4.13. The molecule has 3 rings (SSSR count). The molecule has 0 aliphatic carbocycles. The largest absolute Gasteiger partial charge is 0.376 e. The highest BCUT2D eigenvalue weighted by atomic mass is 32.2. The number of anilines is 1. The fourth-order valence-corrected chi connectivity index (χ4v) is 5.13. The maximum atomic E-state index is 13.0. The minimum Gasteiger partial charge on any atom is -0.376 e. The van der Waals surface area contributed by atoms with Crippen LogP contribution in [0, 0.1) is 0 Å². The van der Waals surface area contributed by atoms with Crippen molar-refractivity contribution in [2.24, 2.45) is 0 Å². The number of urea groups is 1. The van der Waals surface area contributed by atoms with Gasteiger partial charge in [0.2, 0.25) is 10.0 Å². The highest BCUT2D eigenvalue weighted by molar-refractivity contribution is 7.89. The van der Waals surface area contributed by atoms with Crippen molar-refractivity contribution in [2.45, 2.75) is 56.4 Å². The van der Waals surface area contributed by atoms with Gasteiger partial charge in [0.25, 0.3) is 11.8 Å². The second-order valence-electron chi connectivity index (χ2n) is 7.99. The standard InChI is InChI=1S/C20H29N5O5S/c1-3-20(2)18(27)25(19(28)22-20)23-17(26)14-21-15-9-8-10-16(13-15)31(29,30)24-11-6-4-5-7-12-24/h8-10,13,21H,3-7,11-12,14H2,1-2H3,(H,22,28)(H,23,26). The van der Waals surface area contributed by atoms with E-state index in [0.29, 0.717) is 30.2 Å². The zero-order valence-corrected chi connectivity index (χ0v) is 18.6. The average Bonchev–Trinajstić information content (AvgIpc) is 2.96. The van der Waals surface area contributed by atoms with Crippen LogP contribution in [0.2, 0.25) is 0 Å². The van der Waals surface area contributed by atoms with Gasteiger partial charge in [-0.05, 0) is 44.4 Å². The van der Waals surface area contributed by atoms with Crippen LogP contribution in [0.4, 0.5) is 10.5 Å². The summed E-state index contributed by atoms with van der Waals surface area (Å²) in [4.78, 5) is 36.7. The molecule has 0 aromatic heterocycles. The first-order chi connectivity index (χ1) is 14.7. The van der Waals surface area contributed by atoms with Crippen LogP contribution in [0.25, 0.3) is 0 Å². The lowest BCUT2D eigenvalue weighted by Crippen LogP contribution is -2.50. The SMILES string of the molecule is CCC1(C)NC(=O)N(NC(=O)CNc2cccc(S(=O)(=O)N3CCCCCC3)c2)C1=O. The number of hydrogen-bond donors (Lipinski definition) is 3. The first-order valence-corrected chi connectivity index (χ1v) is 11.9. The Morgan fingerprint density at radius 3 is 2.45 bits per heavy atom. The van der Waals surface area contributed by atoms with Crippen molar-refractivity contribution in [1.82, 2.24) is 20.1 Å². The fourth-order valence-electron chi connectivity index (χ4n) is 3.57. The van der Waals surface area contributed by atoms with E-state index in [9.17, 15) is 22.8 Å². The summed E-state index contributed by atoms with van der Waals surface area (Å²) < 4.78 is 27.4. The molecule has 1 atom stereocenters. The molecular weight excluding hydrogens is 422 g/mol. The third kappa shape index (κ3) is 4.99. The van der Waals surface area contributed by atoms with Crippen LogP contribution < -0.4 is 16.1 Å². The van der Waals surface area contributed by atoms with E-state index in [2.05, 4.69) is 16.1 Å². The zero-order valence-electron chi connectivity index (χ0n) is 17.8. The molecule has 3 N–H and O–H groups in total. The second kappa shape index (κ2) is 9.23. The number of benzene rings is 1. The third-order valence-electron chi connectivity index (χ3n) is 5.69. The summed E-state index contributed by atoms with van der Waals surface area (Å²) in [6.45, 7) is 4.12. The van der Waals surface area contributed by atoms with Crippen LogP contribution >= 0.6 is 0 Å². The maximum absolute atomic E-state index is 13.0. The topological polar surface area (TPSA) is 128 Å². The number of amides is 4. The van der Waals surface area contributed by atoms with Gasteiger partial charge in [-0.1, -0.05) is 25.8 Å². The predicted octanol–water partition coefficient (Wildman–Crippen LogP) is 1.41. The van der Waals surface area contributed by atoms with Gasteiger partial charge < -0.3 is 10.6 Å². The van der Waals surface area contributed by atoms with E-state index in [4.69, 9.17) is 0 Å². The molecule has 170 valence electrons. The maximum Gasteiger partial charge on any atom is 0.344 e. The average molecular weight is 452 g/mol. The van der Waals surface area contributed by atoms with Gasteiger partial charge in [0, 0.05) is 18.8 Å². The number of rotatable bonds is 7. The van der Waals surface area contributed by atoms with E-state index in [1.54, 1.807) is 26.0 Å². The lowest BCUT2D eigenvalue weighted by atomic mass is 10.00. The second-order valence-corrected chi connectivity index (χ2v) is 9.93. The highest BCUT2D eigenvalue weighted by Gasteiger charge is 2.47. The highest BCUT2D eigenvalue weighted by Crippen LogP contribution is 2.23. The number of hydrazine groups is 1. The zero-order chi connectivity index (χ0) is 22.6. The molecule has 4 amide bonds. The van der Waals surface area contributed by atoms with Crippen LogP contribution in [-0.4, -0.2) is 60.8 Å². The number of carbonyl (C=O) groups excluding carboxylic acids is 3. The van der Waals surface area contributed by atoms with E-state index in [1.165, 1.54) is 16.4 Å². The Morgan fingerprint density at radius 1 is 1.16 bits per heavy atom. The normalized spacial score (nSPS) is 22.7. The molecule has 2 aliphatic heterocycles. The van der Waals surface area contributed by atoms with Crippen LogP contribution in [0.5, 0.6) is 0 Å². The van der Waals surface area contributed by atoms with E-state index in [-0.39, 0.29) is 11.4 Å². The summed E-state index contributed by atoms with van der Waals surface area (Å²) in [6, 6.07) is 5.58. The van der Waals surface area contributed by atoms with E-state index >= 15 is 0 Å². The van der Waals surface area contributed by atoms with E-state index in [0.717, 1.165) is 25.7 Å². The van der Waals surface area contributed by atoms with E-state index in [1.807, 2.05) is 0 Å². The lowest BCUT2D eigenvalue weighted by Gasteiger charge is -2.20. The lowest BCUT2D eigenvalue weighted by molar-refractivity contribution is -0.138. The molecule has 31 heavy (non-hydrogen) atoms. The molecule has 1 aromatic rings. The number of hydrogen-bond acceptors (Lipinski definition) is 6.